The van der Waals surface area contributed by atoms with Crippen LogP contribution in [0.1, 0.15) is 13.3 Å². The minimum absolute atomic E-state index is 0.0303. The number of hydrogen-bond acceptors (Lipinski definition) is 9. The third kappa shape index (κ3) is 5.37. The van der Waals surface area contributed by atoms with E-state index in [1.54, 1.807) is 16.7 Å². The molecule has 2 aromatic rings. The number of halogens is 3. The molecule has 1 aromatic heterocycles. The summed E-state index contributed by atoms with van der Waals surface area (Å²) in [5.41, 5.74) is -0.941. The summed E-state index contributed by atoms with van der Waals surface area (Å²) in [6.07, 6.45) is -3.80. The van der Waals surface area contributed by atoms with Crippen LogP contribution in [0, 0.1) is 0 Å². The van der Waals surface area contributed by atoms with Crippen LogP contribution in [0.2, 0.25) is 0 Å². The lowest BCUT2D eigenvalue weighted by Gasteiger charge is -2.28. The zero-order valence-electron chi connectivity index (χ0n) is 18.8. The standard InChI is InChI=1S/C21H24F3N5O5S/c1-12-10-25-15(35-12)11-29-16-17(27(2)20(32)28(18(16)31)7-4-8-30)26-19(29)33-13-5-3-6-14(9-13)34-21(22,23)24/h3,5-6,9-10,15,19,25-26,30H,4,7-8,11H2,1-2H3. The van der Waals surface area contributed by atoms with Crippen molar-refractivity contribution in [3.8, 4) is 11.5 Å². The summed E-state index contributed by atoms with van der Waals surface area (Å²) >= 11 is 1.55. The second-order valence-corrected chi connectivity index (χ2v) is 9.34. The first-order chi connectivity index (χ1) is 16.6. The second-order valence-electron chi connectivity index (χ2n) is 7.89. The average Bonchev–Trinajstić information content (AvgIpc) is 3.35. The van der Waals surface area contributed by atoms with E-state index in [0.717, 1.165) is 21.6 Å². The number of aliphatic hydroxyl groups is 1. The van der Waals surface area contributed by atoms with Crippen LogP contribution in [0.15, 0.2) is 45.0 Å². The first kappa shape index (κ1) is 24.9. The van der Waals surface area contributed by atoms with Gasteiger partial charge in [-0.3, -0.25) is 13.9 Å². The molecular formula is C21H24F3N5O5S. The molecule has 14 heteroatoms. The summed E-state index contributed by atoms with van der Waals surface area (Å²) < 4.78 is 50.2. The minimum Gasteiger partial charge on any atom is -0.452 e. The van der Waals surface area contributed by atoms with Gasteiger partial charge in [0.2, 0.25) is 0 Å². The maximum atomic E-state index is 13.3. The number of thioether (sulfide) groups is 1. The smallest absolute Gasteiger partial charge is 0.452 e. The van der Waals surface area contributed by atoms with E-state index in [1.165, 1.54) is 23.7 Å². The minimum atomic E-state index is -4.86. The van der Waals surface area contributed by atoms with Crippen LogP contribution < -0.4 is 36.3 Å². The molecule has 0 bridgehead atoms. The van der Waals surface area contributed by atoms with Crippen LogP contribution in [0.4, 0.5) is 24.7 Å². The Morgan fingerprint density at radius 2 is 1.97 bits per heavy atom. The van der Waals surface area contributed by atoms with Crippen LogP contribution >= 0.6 is 11.8 Å². The molecule has 3 heterocycles. The quantitative estimate of drug-likeness (QED) is 0.486. The van der Waals surface area contributed by atoms with Gasteiger partial charge >= 0.3 is 12.1 Å². The summed E-state index contributed by atoms with van der Waals surface area (Å²) in [6, 6.07) is 5.04. The van der Waals surface area contributed by atoms with Gasteiger partial charge < -0.3 is 30.1 Å². The van der Waals surface area contributed by atoms with Gasteiger partial charge in [-0.2, -0.15) is 0 Å². The van der Waals surface area contributed by atoms with E-state index in [4.69, 9.17) is 4.74 Å². The van der Waals surface area contributed by atoms with E-state index < -0.39 is 29.7 Å². The number of nitrogens with one attached hydrogen (secondary N) is 2. The summed E-state index contributed by atoms with van der Waals surface area (Å²) in [5, 5.41) is 15.2. The number of benzene rings is 1. The number of allylic oxidation sites excluding steroid dienone is 1. The SMILES string of the molecule is CC1=CNC(CN2c3c(n(C)c(=O)n(CCCO)c3=O)NC2Oc2cccc(OC(F)(F)F)c2)S1. The van der Waals surface area contributed by atoms with Crippen LogP contribution in [0.25, 0.3) is 0 Å². The Bertz CT molecular complexity index is 1250. The van der Waals surface area contributed by atoms with Gasteiger partial charge in [-0.05, 0) is 30.4 Å². The fraction of sp³-hybridized carbons (Fsp3) is 0.429. The monoisotopic (exact) mass is 515 g/mol. The molecule has 2 aliphatic heterocycles. The number of ether oxygens (including phenoxy) is 2. The molecule has 35 heavy (non-hydrogen) atoms. The van der Waals surface area contributed by atoms with Gasteiger partial charge in [0.1, 0.15) is 23.0 Å². The van der Waals surface area contributed by atoms with Gasteiger partial charge in [0.05, 0.1) is 11.9 Å². The number of alkyl halides is 3. The Morgan fingerprint density at radius 1 is 1.23 bits per heavy atom. The molecule has 0 radical (unpaired) electrons. The fourth-order valence-electron chi connectivity index (χ4n) is 3.84. The first-order valence-electron chi connectivity index (χ1n) is 10.7. The van der Waals surface area contributed by atoms with Gasteiger partial charge in [-0.1, -0.05) is 6.07 Å². The molecule has 0 amide bonds. The molecule has 0 saturated heterocycles. The Morgan fingerprint density at radius 3 is 2.63 bits per heavy atom. The molecule has 2 aliphatic rings. The zero-order valence-corrected chi connectivity index (χ0v) is 19.7. The van der Waals surface area contributed by atoms with Crippen molar-refractivity contribution in [3.05, 3.63) is 56.2 Å². The Labute approximate surface area is 201 Å². The van der Waals surface area contributed by atoms with Crippen molar-refractivity contribution < 1.29 is 27.8 Å². The van der Waals surface area contributed by atoms with Crippen molar-refractivity contribution in [1.29, 1.82) is 0 Å². The lowest BCUT2D eigenvalue weighted by Crippen LogP contribution is -2.47. The number of rotatable bonds is 8. The van der Waals surface area contributed by atoms with E-state index in [2.05, 4.69) is 15.4 Å². The molecule has 0 fully saturated rings. The molecule has 2 atom stereocenters. The molecule has 3 N–H and O–H groups in total. The predicted molar refractivity (Wildman–Crippen MR) is 124 cm³/mol. The van der Waals surface area contributed by atoms with Crippen molar-refractivity contribution in [2.45, 2.75) is 38.0 Å². The average molecular weight is 516 g/mol. The molecule has 0 spiro atoms. The van der Waals surface area contributed by atoms with Crippen LogP contribution in [0.3, 0.4) is 0 Å². The van der Waals surface area contributed by atoms with Crippen molar-refractivity contribution in [3.63, 3.8) is 0 Å². The van der Waals surface area contributed by atoms with E-state index in [0.29, 0.717) is 0 Å². The normalized spacial score (nSPS) is 19.1. The van der Waals surface area contributed by atoms with Gasteiger partial charge in [-0.15, -0.1) is 24.9 Å². The topological polar surface area (TPSA) is 110 Å². The third-order valence-corrected chi connectivity index (χ3v) is 6.40. The maximum Gasteiger partial charge on any atom is 0.573 e. The van der Waals surface area contributed by atoms with Crippen LogP contribution in [-0.2, 0) is 13.6 Å². The molecule has 0 aliphatic carbocycles. The number of nitrogens with zero attached hydrogens (tertiary/aromatic N) is 3. The number of anilines is 2. The van der Waals surface area contributed by atoms with Gasteiger partial charge in [-0.25, -0.2) is 4.79 Å². The highest BCUT2D eigenvalue weighted by atomic mass is 32.2. The highest BCUT2D eigenvalue weighted by Gasteiger charge is 2.38. The summed E-state index contributed by atoms with van der Waals surface area (Å²) in [4.78, 5) is 28.8. The number of hydrogen-bond donors (Lipinski definition) is 3. The lowest BCUT2D eigenvalue weighted by atomic mass is 10.3. The fourth-order valence-corrected chi connectivity index (χ4v) is 4.79. The second kappa shape index (κ2) is 9.77. The van der Waals surface area contributed by atoms with Crippen molar-refractivity contribution in [2.75, 3.05) is 23.4 Å². The van der Waals surface area contributed by atoms with Gasteiger partial charge in [0.15, 0.2) is 0 Å². The molecular weight excluding hydrogens is 491 g/mol. The van der Waals surface area contributed by atoms with Crippen LogP contribution in [0.5, 0.6) is 11.5 Å². The predicted octanol–water partition coefficient (Wildman–Crippen LogP) is 1.95. The molecule has 1 aromatic carbocycles. The Balaban J connectivity index is 1.69. The first-order valence-corrected chi connectivity index (χ1v) is 11.5. The van der Waals surface area contributed by atoms with Gasteiger partial charge in [0, 0.05) is 32.5 Å². The number of fused-ring (bicyclic) bond motifs is 1. The molecule has 0 saturated carbocycles. The van der Waals surface area contributed by atoms with Gasteiger partial charge in [0.25, 0.3) is 11.9 Å². The Hall–Kier alpha value is -3.26. The molecule has 190 valence electrons. The molecule has 10 nitrogen and oxygen atoms in total. The molecule has 4 rings (SSSR count). The summed E-state index contributed by atoms with van der Waals surface area (Å²) in [5.74, 6) is -0.168. The highest BCUT2D eigenvalue weighted by molar-refractivity contribution is 8.03. The highest BCUT2D eigenvalue weighted by Crippen LogP contribution is 2.35. The largest absolute Gasteiger partial charge is 0.573 e. The third-order valence-electron chi connectivity index (χ3n) is 5.35. The van der Waals surface area contributed by atoms with E-state index in [-0.39, 0.29) is 48.7 Å². The number of aliphatic hydroxyl groups excluding tert-OH is 1. The number of aromatic nitrogens is 2. The van der Waals surface area contributed by atoms with E-state index in [9.17, 15) is 27.9 Å². The maximum absolute atomic E-state index is 13.3. The Kier molecular flexibility index (Phi) is 6.94. The van der Waals surface area contributed by atoms with Crippen molar-refractivity contribution in [1.82, 2.24) is 14.5 Å². The van der Waals surface area contributed by atoms with E-state index in [1.807, 2.05) is 13.1 Å². The summed E-state index contributed by atoms with van der Waals surface area (Å²) in [7, 11) is 1.50. The van der Waals surface area contributed by atoms with Crippen LogP contribution in [-0.4, -0.2) is 45.5 Å². The van der Waals surface area contributed by atoms with Crippen molar-refractivity contribution in [2.24, 2.45) is 7.05 Å². The van der Waals surface area contributed by atoms with Crippen molar-refractivity contribution >= 4 is 23.3 Å². The lowest BCUT2D eigenvalue weighted by molar-refractivity contribution is -0.274. The molecule has 2 unspecified atom stereocenters. The summed E-state index contributed by atoms with van der Waals surface area (Å²) in [6.45, 7) is 2.04. The van der Waals surface area contributed by atoms with E-state index >= 15 is 0 Å². The zero-order chi connectivity index (χ0) is 25.3.